The van der Waals surface area contributed by atoms with Crippen LogP contribution in [0.1, 0.15) is 22.3 Å². The van der Waals surface area contributed by atoms with Crippen LogP contribution in [0, 0.1) is 23.2 Å². The van der Waals surface area contributed by atoms with Crippen LogP contribution in [0.3, 0.4) is 0 Å². The number of hydrogen-bond donors (Lipinski definition) is 0. The van der Waals surface area contributed by atoms with Crippen LogP contribution in [0.5, 0.6) is 0 Å². The van der Waals surface area contributed by atoms with Gasteiger partial charge < -0.3 is 0 Å². The van der Waals surface area contributed by atoms with Gasteiger partial charge >= 0.3 is 0 Å². The van der Waals surface area contributed by atoms with Crippen LogP contribution in [0.15, 0.2) is 83.9 Å². The standard InChI is InChI=1S/C23H16N2/c24-17-20-13-15-21(16-14-20)18-25-23-12-5-4-10-22(23)11-6-9-19-7-2-1-3-8-19/h1-5,7-8,10,12-16,18H,11H2. The summed E-state index contributed by atoms with van der Waals surface area (Å²) in [5, 5.41) is 8.84. The molecule has 0 unspecified atom stereocenters. The van der Waals surface area contributed by atoms with E-state index in [1.54, 1.807) is 12.1 Å². The summed E-state index contributed by atoms with van der Waals surface area (Å²) < 4.78 is 0. The molecule has 0 aromatic heterocycles. The monoisotopic (exact) mass is 320 g/mol. The fourth-order valence-electron chi connectivity index (χ4n) is 2.34. The molecular formula is C23H16N2. The van der Waals surface area contributed by atoms with Gasteiger partial charge in [-0.05, 0) is 41.5 Å². The Kier molecular flexibility index (Phi) is 5.39. The van der Waals surface area contributed by atoms with Crippen LogP contribution < -0.4 is 0 Å². The Hall–Kier alpha value is -3.62. The topological polar surface area (TPSA) is 36.1 Å². The minimum atomic E-state index is 0.647. The molecule has 0 aliphatic carbocycles. The summed E-state index contributed by atoms with van der Waals surface area (Å²) in [6.07, 6.45) is 2.46. The predicted octanol–water partition coefficient (Wildman–Crippen LogP) is 4.90. The second kappa shape index (κ2) is 8.29. The van der Waals surface area contributed by atoms with Crippen molar-refractivity contribution < 1.29 is 0 Å². The summed E-state index contributed by atoms with van der Waals surface area (Å²) >= 11 is 0. The summed E-state index contributed by atoms with van der Waals surface area (Å²) in [4.78, 5) is 4.58. The molecular weight excluding hydrogens is 304 g/mol. The van der Waals surface area contributed by atoms with E-state index >= 15 is 0 Å². The Balaban J connectivity index is 1.75. The first-order chi connectivity index (χ1) is 12.3. The smallest absolute Gasteiger partial charge is 0.0991 e. The molecule has 0 amide bonds. The lowest BCUT2D eigenvalue weighted by molar-refractivity contribution is 1.29. The molecule has 2 heteroatoms. The van der Waals surface area contributed by atoms with Crippen LogP contribution >= 0.6 is 0 Å². The Morgan fingerprint density at radius 2 is 1.52 bits per heavy atom. The van der Waals surface area contributed by atoms with Gasteiger partial charge in [0.15, 0.2) is 0 Å². The van der Waals surface area contributed by atoms with Crippen molar-refractivity contribution in [2.24, 2.45) is 4.99 Å². The third-order valence-corrected chi connectivity index (χ3v) is 3.67. The van der Waals surface area contributed by atoms with Gasteiger partial charge in [-0.25, -0.2) is 0 Å². The molecule has 0 bridgehead atoms. The van der Waals surface area contributed by atoms with Crippen LogP contribution in [-0.4, -0.2) is 6.21 Å². The molecule has 2 nitrogen and oxygen atoms in total. The van der Waals surface area contributed by atoms with Crippen molar-refractivity contribution in [1.29, 1.82) is 5.26 Å². The number of aliphatic imine (C=N–C) groups is 1. The minimum Gasteiger partial charge on any atom is -0.256 e. The molecule has 0 saturated heterocycles. The lowest BCUT2D eigenvalue weighted by Gasteiger charge is -2.01. The molecule has 0 radical (unpaired) electrons. The van der Waals surface area contributed by atoms with E-state index < -0.39 is 0 Å². The van der Waals surface area contributed by atoms with E-state index in [1.165, 1.54) is 0 Å². The molecule has 3 aromatic carbocycles. The number of hydrogen-bond acceptors (Lipinski definition) is 2. The van der Waals surface area contributed by atoms with Gasteiger partial charge in [0, 0.05) is 18.2 Å². The minimum absolute atomic E-state index is 0.647. The first-order valence-corrected chi connectivity index (χ1v) is 8.01. The van der Waals surface area contributed by atoms with E-state index in [0.717, 1.165) is 22.4 Å². The lowest BCUT2D eigenvalue weighted by Crippen LogP contribution is -1.85. The van der Waals surface area contributed by atoms with Crippen molar-refractivity contribution in [2.45, 2.75) is 6.42 Å². The molecule has 0 fully saturated rings. The lowest BCUT2D eigenvalue weighted by atomic mass is 10.1. The van der Waals surface area contributed by atoms with Gasteiger partial charge in [0.25, 0.3) is 0 Å². The fourth-order valence-corrected chi connectivity index (χ4v) is 2.34. The third kappa shape index (κ3) is 4.67. The number of rotatable bonds is 3. The molecule has 3 aromatic rings. The van der Waals surface area contributed by atoms with E-state index in [0.29, 0.717) is 12.0 Å². The SMILES string of the molecule is N#Cc1ccc(C=Nc2ccccc2CC#Cc2ccccc2)cc1. The maximum Gasteiger partial charge on any atom is 0.0991 e. The van der Waals surface area contributed by atoms with E-state index in [1.807, 2.05) is 72.9 Å². The van der Waals surface area contributed by atoms with E-state index in [9.17, 15) is 0 Å². The van der Waals surface area contributed by atoms with Gasteiger partial charge in [0.2, 0.25) is 0 Å². The fraction of sp³-hybridized carbons (Fsp3) is 0.0435. The van der Waals surface area contributed by atoms with Crippen molar-refractivity contribution in [1.82, 2.24) is 0 Å². The average molecular weight is 320 g/mol. The first-order valence-electron chi connectivity index (χ1n) is 8.01. The number of para-hydroxylation sites is 1. The Bertz CT molecular complexity index is 966. The number of nitrogens with zero attached hydrogens (tertiary/aromatic N) is 2. The Morgan fingerprint density at radius 1 is 0.800 bits per heavy atom. The van der Waals surface area contributed by atoms with Crippen molar-refractivity contribution >= 4 is 11.9 Å². The third-order valence-electron chi connectivity index (χ3n) is 3.67. The maximum atomic E-state index is 8.84. The van der Waals surface area contributed by atoms with Crippen molar-refractivity contribution in [3.8, 4) is 17.9 Å². The summed E-state index contributed by atoms with van der Waals surface area (Å²) in [6.45, 7) is 0. The normalized spacial score (nSPS) is 10.0. The van der Waals surface area contributed by atoms with Gasteiger partial charge in [-0.15, -0.1) is 0 Å². The zero-order valence-corrected chi connectivity index (χ0v) is 13.7. The molecule has 0 heterocycles. The molecule has 0 N–H and O–H groups in total. The first kappa shape index (κ1) is 16.2. The molecule has 0 aliphatic rings. The Morgan fingerprint density at radius 3 is 2.28 bits per heavy atom. The largest absolute Gasteiger partial charge is 0.256 e. The number of nitriles is 1. The van der Waals surface area contributed by atoms with Crippen molar-refractivity contribution in [2.75, 3.05) is 0 Å². The van der Waals surface area contributed by atoms with Gasteiger partial charge in [-0.1, -0.05) is 60.4 Å². The van der Waals surface area contributed by atoms with E-state index in [2.05, 4.69) is 22.9 Å². The highest BCUT2D eigenvalue weighted by atomic mass is 14.7. The summed E-state index contributed by atoms with van der Waals surface area (Å²) in [5.74, 6) is 6.39. The molecule has 0 spiro atoms. The van der Waals surface area contributed by atoms with Crippen LogP contribution in [0.25, 0.3) is 0 Å². The Labute approximate surface area is 148 Å². The molecule has 0 aliphatic heterocycles. The van der Waals surface area contributed by atoms with Gasteiger partial charge in [-0.2, -0.15) is 5.26 Å². The highest BCUT2D eigenvalue weighted by Crippen LogP contribution is 2.19. The molecule has 25 heavy (non-hydrogen) atoms. The molecule has 0 saturated carbocycles. The zero-order chi connectivity index (χ0) is 17.3. The molecule has 3 rings (SSSR count). The highest BCUT2D eigenvalue weighted by molar-refractivity contribution is 5.82. The van der Waals surface area contributed by atoms with Crippen LogP contribution in [0.4, 0.5) is 5.69 Å². The second-order valence-corrected chi connectivity index (χ2v) is 5.47. The molecule has 0 atom stereocenters. The summed E-state index contributed by atoms with van der Waals surface area (Å²) in [6, 6.07) is 27.4. The van der Waals surface area contributed by atoms with Crippen molar-refractivity contribution in [3.05, 3.63) is 101 Å². The van der Waals surface area contributed by atoms with Crippen LogP contribution in [-0.2, 0) is 6.42 Å². The number of benzene rings is 3. The van der Waals surface area contributed by atoms with Gasteiger partial charge in [-0.3, -0.25) is 4.99 Å². The van der Waals surface area contributed by atoms with Gasteiger partial charge in [0.1, 0.15) is 0 Å². The van der Waals surface area contributed by atoms with Crippen molar-refractivity contribution in [3.63, 3.8) is 0 Å². The predicted molar refractivity (Wildman–Crippen MR) is 102 cm³/mol. The zero-order valence-electron chi connectivity index (χ0n) is 13.7. The van der Waals surface area contributed by atoms with Gasteiger partial charge in [0.05, 0.1) is 17.3 Å². The quantitative estimate of drug-likeness (QED) is 0.499. The second-order valence-electron chi connectivity index (χ2n) is 5.47. The van der Waals surface area contributed by atoms with E-state index in [-0.39, 0.29) is 0 Å². The van der Waals surface area contributed by atoms with Crippen LogP contribution in [0.2, 0.25) is 0 Å². The highest BCUT2D eigenvalue weighted by Gasteiger charge is 1.98. The summed E-state index contributed by atoms with van der Waals surface area (Å²) in [5.41, 5.74) is 4.63. The molecule has 118 valence electrons. The maximum absolute atomic E-state index is 8.84. The summed E-state index contributed by atoms with van der Waals surface area (Å²) in [7, 11) is 0. The average Bonchev–Trinajstić information content (AvgIpc) is 2.68. The van der Waals surface area contributed by atoms with E-state index in [4.69, 9.17) is 5.26 Å².